The number of anilines is 1. The number of carbonyl (C=O) groups is 1. The van der Waals surface area contributed by atoms with E-state index in [0.29, 0.717) is 6.54 Å². The first-order chi connectivity index (χ1) is 13.0. The van der Waals surface area contributed by atoms with E-state index in [-0.39, 0.29) is 5.91 Å². The number of thiazole rings is 1. The van der Waals surface area contributed by atoms with E-state index in [1.165, 1.54) is 10.5 Å². The molecule has 140 valence electrons. The Kier molecular flexibility index (Phi) is 6.37. The first-order valence-corrected chi connectivity index (χ1v) is 10.1. The zero-order chi connectivity index (χ0) is 19.2. The van der Waals surface area contributed by atoms with Crippen LogP contribution < -0.4 is 9.80 Å². The molecule has 0 aliphatic rings. The Labute approximate surface area is 164 Å². The van der Waals surface area contributed by atoms with Crippen molar-refractivity contribution in [3.8, 4) is 0 Å². The van der Waals surface area contributed by atoms with E-state index in [9.17, 15) is 4.79 Å². The number of amides is 1. The smallest absolute Gasteiger partial charge is 0.252 e. The van der Waals surface area contributed by atoms with Gasteiger partial charge in [0.2, 0.25) is 0 Å². The summed E-state index contributed by atoms with van der Waals surface area (Å²) in [5.74, 6) is -0.0246. The molecule has 0 aliphatic heterocycles. The van der Waals surface area contributed by atoms with E-state index in [1.807, 2.05) is 47.4 Å². The molecule has 0 aliphatic carbocycles. The first kappa shape index (κ1) is 19.3. The Hall–Kier alpha value is -2.50. The van der Waals surface area contributed by atoms with Gasteiger partial charge in [-0.3, -0.25) is 9.69 Å². The molecule has 4 nitrogen and oxygen atoms in total. The highest BCUT2D eigenvalue weighted by Crippen LogP contribution is 2.29. The number of carbonyl (C=O) groups excluding carboxylic acids is 1. The summed E-state index contributed by atoms with van der Waals surface area (Å²) in [6.45, 7) is 3.75. The fourth-order valence-electron chi connectivity index (χ4n) is 2.85. The van der Waals surface area contributed by atoms with Crippen molar-refractivity contribution >= 4 is 38.7 Å². The number of rotatable bonds is 7. The molecule has 1 aromatic heterocycles. The van der Waals surface area contributed by atoms with Gasteiger partial charge in [0.25, 0.3) is 5.91 Å². The molecule has 1 amide bonds. The van der Waals surface area contributed by atoms with Crippen LogP contribution in [0.2, 0.25) is 0 Å². The lowest BCUT2D eigenvalue weighted by atomic mass is 10.2. The Balaban J connectivity index is 1.84. The highest BCUT2D eigenvalue weighted by Gasteiger charge is 2.18. The molecule has 0 bridgehead atoms. The van der Waals surface area contributed by atoms with Gasteiger partial charge in [-0.25, -0.2) is 4.98 Å². The van der Waals surface area contributed by atoms with Gasteiger partial charge < -0.3 is 4.90 Å². The number of fused-ring (bicyclic) bond motifs is 1. The summed E-state index contributed by atoms with van der Waals surface area (Å²) in [6.07, 6.45) is 4.45. The number of aromatic nitrogens is 1. The Morgan fingerprint density at radius 3 is 2.70 bits per heavy atom. The van der Waals surface area contributed by atoms with Crippen LogP contribution in [0.15, 0.2) is 54.6 Å². The molecule has 27 heavy (non-hydrogen) atoms. The fourth-order valence-corrected chi connectivity index (χ4v) is 3.94. The molecule has 0 saturated carbocycles. The molecule has 3 aromatic rings. The average Bonchev–Trinajstić information content (AvgIpc) is 3.06. The van der Waals surface area contributed by atoms with Crippen LogP contribution in [0, 0.1) is 6.92 Å². The summed E-state index contributed by atoms with van der Waals surface area (Å²) in [4.78, 5) is 20.8. The average molecular weight is 381 g/mol. The van der Waals surface area contributed by atoms with Crippen LogP contribution in [0.25, 0.3) is 16.3 Å². The predicted molar refractivity (Wildman–Crippen MR) is 114 cm³/mol. The van der Waals surface area contributed by atoms with E-state index in [2.05, 4.69) is 33.2 Å². The van der Waals surface area contributed by atoms with Crippen molar-refractivity contribution < 1.29 is 9.69 Å². The lowest BCUT2D eigenvalue weighted by molar-refractivity contribution is -0.858. The van der Waals surface area contributed by atoms with Gasteiger partial charge in [0.15, 0.2) is 5.13 Å². The highest BCUT2D eigenvalue weighted by molar-refractivity contribution is 7.22. The molecule has 0 atom stereocenters. The van der Waals surface area contributed by atoms with Gasteiger partial charge in [-0.15, -0.1) is 0 Å². The highest BCUT2D eigenvalue weighted by atomic mass is 32.1. The second-order valence-electron chi connectivity index (χ2n) is 7.01. The van der Waals surface area contributed by atoms with Crippen molar-refractivity contribution in [1.82, 2.24) is 4.98 Å². The molecular weight excluding hydrogens is 354 g/mol. The first-order valence-electron chi connectivity index (χ1n) is 9.24. The van der Waals surface area contributed by atoms with E-state index >= 15 is 0 Å². The lowest BCUT2D eigenvalue weighted by Crippen LogP contribution is -3.05. The van der Waals surface area contributed by atoms with Gasteiger partial charge >= 0.3 is 0 Å². The van der Waals surface area contributed by atoms with E-state index in [0.717, 1.165) is 33.9 Å². The summed E-state index contributed by atoms with van der Waals surface area (Å²) < 4.78 is 1.12. The van der Waals surface area contributed by atoms with Crippen LogP contribution in [-0.4, -0.2) is 38.1 Å². The maximum absolute atomic E-state index is 12.9. The Bertz CT molecular complexity index is 931. The molecule has 1 heterocycles. The van der Waals surface area contributed by atoms with Gasteiger partial charge in [0.05, 0.1) is 30.9 Å². The molecule has 1 N–H and O–H groups in total. The minimum Gasteiger partial charge on any atom is -0.340 e. The third-order valence-electron chi connectivity index (χ3n) is 4.31. The minimum absolute atomic E-state index is 0.0246. The predicted octanol–water partition coefficient (Wildman–Crippen LogP) is 3.19. The van der Waals surface area contributed by atoms with Crippen LogP contribution in [0.5, 0.6) is 0 Å². The number of quaternary nitrogens is 1. The van der Waals surface area contributed by atoms with Gasteiger partial charge in [0, 0.05) is 19.0 Å². The van der Waals surface area contributed by atoms with Gasteiger partial charge in [-0.05, 0) is 36.3 Å². The van der Waals surface area contributed by atoms with E-state index in [1.54, 1.807) is 17.4 Å². The van der Waals surface area contributed by atoms with Crippen LogP contribution in [-0.2, 0) is 4.79 Å². The van der Waals surface area contributed by atoms with E-state index in [4.69, 9.17) is 4.98 Å². The van der Waals surface area contributed by atoms with Crippen LogP contribution in [0.1, 0.15) is 17.5 Å². The van der Waals surface area contributed by atoms with Gasteiger partial charge in [-0.1, -0.05) is 47.7 Å². The number of nitrogens with zero attached hydrogens (tertiary/aromatic N) is 2. The second kappa shape index (κ2) is 8.93. The normalized spacial score (nSPS) is 11.6. The minimum atomic E-state index is -0.0246. The zero-order valence-corrected chi connectivity index (χ0v) is 16.9. The molecule has 5 heteroatoms. The third kappa shape index (κ3) is 5.25. The molecule has 0 saturated heterocycles. The number of hydrogen-bond acceptors (Lipinski definition) is 3. The SMILES string of the molecule is Cc1ccc2nc(N(CCC[NH+](C)C)C(=O)/C=C/c3ccccc3)sc2c1. The number of hydrogen-bond donors (Lipinski definition) is 1. The Morgan fingerprint density at radius 1 is 1.19 bits per heavy atom. The maximum atomic E-state index is 12.9. The van der Waals surface area contributed by atoms with Crippen molar-refractivity contribution in [3.05, 3.63) is 65.7 Å². The Morgan fingerprint density at radius 2 is 1.96 bits per heavy atom. The lowest BCUT2D eigenvalue weighted by Gasteiger charge is -2.18. The van der Waals surface area contributed by atoms with Crippen LogP contribution in [0.3, 0.4) is 0 Å². The molecule has 0 fully saturated rings. The number of nitrogens with one attached hydrogen (secondary N) is 1. The topological polar surface area (TPSA) is 37.6 Å². The van der Waals surface area contributed by atoms with Crippen LogP contribution >= 0.6 is 11.3 Å². The zero-order valence-electron chi connectivity index (χ0n) is 16.1. The standard InChI is InChI=1S/C22H25N3OS/c1-17-10-12-19-20(16-17)27-22(23-19)25(15-7-14-24(2)3)21(26)13-11-18-8-5-4-6-9-18/h4-6,8-13,16H,7,14-15H2,1-3H3/p+1/b13-11+. The molecule has 0 spiro atoms. The number of aryl methyl sites for hydroxylation is 1. The molecule has 0 radical (unpaired) electrons. The maximum Gasteiger partial charge on any atom is 0.252 e. The molecule has 2 aromatic carbocycles. The van der Waals surface area contributed by atoms with Crippen molar-refractivity contribution in [2.75, 3.05) is 32.1 Å². The van der Waals surface area contributed by atoms with Gasteiger partial charge in [0.1, 0.15) is 0 Å². The van der Waals surface area contributed by atoms with Crippen molar-refractivity contribution in [2.45, 2.75) is 13.3 Å². The summed E-state index contributed by atoms with van der Waals surface area (Å²) in [5, 5.41) is 0.770. The summed E-state index contributed by atoms with van der Waals surface area (Å²) in [5.41, 5.74) is 3.17. The third-order valence-corrected chi connectivity index (χ3v) is 5.35. The van der Waals surface area contributed by atoms with Crippen molar-refractivity contribution in [3.63, 3.8) is 0 Å². The molecule has 0 unspecified atom stereocenters. The van der Waals surface area contributed by atoms with Crippen LogP contribution in [0.4, 0.5) is 5.13 Å². The van der Waals surface area contributed by atoms with Gasteiger partial charge in [-0.2, -0.15) is 0 Å². The molecule has 3 rings (SSSR count). The van der Waals surface area contributed by atoms with E-state index < -0.39 is 0 Å². The quantitative estimate of drug-likeness (QED) is 0.639. The van der Waals surface area contributed by atoms with Crippen molar-refractivity contribution in [1.29, 1.82) is 0 Å². The summed E-state index contributed by atoms with van der Waals surface area (Å²) in [7, 11) is 4.25. The number of benzene rings is 2. The largest absolute Gasteiger partial charge is 0.340 e. The van der Waals surface area contributed by atoms with Crippen molar-refractivity contribution in [2.24, 2.45) is 0 Å². The fraction of sp³-hybridized carbons (Fsp3) is 0.273. The summed E-state index contributed by atoms with van der Waals surface area (Å²) in [6, 6.07) is 16.1. The monoisotopic (exact) mass is 380 g/mol. The summed E-state index contributed by atoms with van der Waals surface area (Å²) >= 11 is 1.58. The molecular formula is C22H26N3OS+. The second-order valence-corrected chi connectivity index (χ2v) is 8.02.